The molecule has 2 amide bonds. The van der Waals surface area contributed by atoms with Gasteiger partial charge >= 0.3 is 0 Å². The quantitative estimate of drug-likeness (QED) is 0.571. The number of benzene rings is 1. The molecule has 8 heteroatoms. The summed E-state index contributed by atoms with van der Waals surface area (Å²) in [6.45, 7) is 4.86. The maximum absolute atomic E-state index is 13.4. The predicted molar refractivity (Wildman–Crippen MR) is 121 cm³/mol. The summed E-state index contributed by atoms with van der Waals surface area (Å²) in [5.74, 6) is 1.00. The Labute approximate surface area is 189 Å². The molecule has 2 aliphatic heterocycles. The highest BCUT2D eigenvalue weighted by molar-refractivity contribution is 6.11. The van der Waals surface area contributed by atoms with Crippen LogP contribution >= 0.6 is 0 Å². The lowest BCUT2D eigenvalue weighted by atomic mass is 10.0. The summed E-state index contributed by atoms with van der Waals surface area (Å²) < 4.78 is 21.6. The van der Waals surface area contributed by atoms with Gasteiger partial charge in [-0.25, -0.2) is 0 Å². The molecule has 2 heterocycles. The maximum Gasteiger partial charge on any atom is 0.276 e. The van der Waals surface area contributed by atoms with Gasteiger partial charge < -0.3 is 23.8 Å². The number of morpholine rings is 1. The molecule has 1 fully saturated rings. The van der Waals surface area contributed by atoms with Crippen LogP contribution in [0, 0.1) is 0 Å². The van der Waals surface area contributed by atoms with Gasteiger partial charge in [0.15, 0.2) is 11.5 Å². The molecule has 0 bridgehead atoms. The topological polar surface area (TPSA) is 77.5 Å². The van der Waals surface area contributed by atoms with Crippen LogP contribution in [0.3, 0.4) is 0 Å². The summed E-state index contributed by atoms with van der Waals surface area (Å²) in [7, 11) is 4.65. The van der Waals surface area contributed by atoms with Crippen LogP contribution in [-0.2, 0) is 14.3 Å². The van der Waals surface area contributed by atoms with Crippen molar-refractivity contribution in [2.24, 2.45) is 0 Å². The largest absolute Gasteiger partial charge is 0.493 e. The lowest BCUT2D eigenvalue weighted by Crippen LogP contribution is -2.47. The second-order valence-corrected chi connectivity index (χ2v) is 7.62. The average molecular weight is 445 g/mol. The van der Waals surface area contributed by atoms with Gasteiger partial charge in [-0.1, -0.05) is 19.4 Å². The fourth-order valence-electron chi connectivity index (χ4n) is 3.99. The van der Waals surface area contributed by atoms with Crippen LogP contribution in [0.15, 0.2) is 29.5 Å². The van der Waals surface area contributed by atoms with Gasteiger partial charge in [0.1, 0.15) is 0 Å². The second kappa shape index (κ2) is 11.0. The molecular formula is C24H32N2O6. The third-order valence-electron chi connectivity index (χ3n) is 5.57. The first kappa shape index (κ1) is 23.7. The van der Waals surface area contributed by atoms with Crippen LogP contribution in [0.2, 0.25) is 0 Å². The minimum Gasteiger partial charge on any atom is -0.493 e. The molecule has 32 heavy (non-hydrogen) atoms. The molecule has 0 atom stereocenters. The zero-order valence-corrected chi connectivity index (χ0v) is 19.3. The Balaban J connectivity index is 1.89. The van der Waals surface area contributed by atoms with Crippen molar-refractivity contribution < 1.29 is 28.5 Å². The molecule has 1 saturated heterocycles. The second-order valence-electron chi connectivity index (χ2n) is 7.62. The third-order valence-corrected chi connectivity index (χ3v) is 5.57. The number of amides is 2. The van der Waals surface area contributed by atoms with Gasteiger partial charge in [0.25, 0.3) is 11.8 Å². The van der Waals surface area contributed by atoms with E-state index in [0.29, 0.717) is 74.2 Å². The number of nitrogens with zero attached hydrogens (tertiary/aromatic N) is 2. The number of carbonyl (C=O) groups is 2. The van der Waals surface area contributed by atoms with Gasteiger partial charge in [0.2, 0.25) is 5.75 Å². The van der Waals surface area contributed by atoms with E-state index >= 15 is 0 Å². The first-order valence-electron chi connectivity index (χ1n) is 10.9. The SMILES string of the molecule is CCC/C(=C\c1cc(OC)c(OC)c(OC)c1)C(=O)N1CCC=C(N2CCOCC2)C1=O. The summed E-state index contributed by atoms with van der Waals surface area (Å²) >= 11 is 0. The van der Waals surface area contributed by atoms with Crippen LogP contribution in [-0.4, -0.2) is 75.8 Å². The lowest BCUT2D eigenvalue weighted by molar-refractivity contribution is -0.142. The van der Waals surface area contributed by atoms with Crippen LogP contribution in [0.25, 0.3) is 6.08 Å². The number of rotatable bonds is 8. The van der Waals surface area contributed by atoms with Gasteiger partial charge in [-0.2, -0.15) is 0 Å². The maximum atomic E-state index is 13.4. The van der Waals surface area contributed by atoms with E-state index < -0.39 is 0 Å². The van der Waals surface area contributed by atoms with E-state index in [1.54, 1.807) is 39.5 Å². The smallest absolute Gasteiger partial charge is 0.276 e. The Hall–Kier alpha value is -3.00. The van der Waals surface area contributed by atoms with Crippen LogP contribution in [0.4, 0.5) is 0 Å². The molecule has 3 rings (SSSR count). The van der Waals surface area contributed by atoms with E-state index in [0.717, 1.165) is 12.0 Å². The number of hydrogen-bond donors (Lipinski definition) is 0. The zero-order valence-electron chi connectivity index (χ0n) is 19.3. The Morgan fingerprint density at radius 2 is 1.72 bits per heavy atom. The van der Waals surface area contributed by atoms with E-state index in [9.17, 15) is 9.59 Å². The molecule has 8 nitrogen and oxygen atoms in total. The van der Waals surface area contributed by atoms with Crippen molar-refractivity contribution in [1.82, 2.24) is 9.80 Å². The van der Waals surface area contributed by atoms with Gasteiger partial charge in [-0.3, -0.25) is 14.5 Å². The molecule has 0 radical (unpaired) electrons. The van der Waals surface area contributed by atoms with Crippen LogP contribution in [0.5, 0.6) is 17.2 Å². The van der Waals surface area contributed by atoms with Crippen molar-refractivity contribution >= 4 is 17.9 Å². The van der Waals surface area contributed by atoms with Crippen LogP contribution in [0.1, 0.15) is 31.7 Å². The van der Waals surface area contributed by atoms with Gasteiger partial charge in [0, 0.05) is 25.2 Å². The molecule has 1 aromatic rings. The van der Waals surface area contributed by atoms with E-state index in [1.807, 2.05) is 17.9 Å². The normalized spacial score (nSPS) is 17.2. The first-order chi connectivity index (χ1) is 15.5. The molecule has 174 valence electrons. The van der Waals surface area contributed by atoms with E-state index in [-0.39, 0.29) is 11.8 Å². The molecule has 0 saturated carbocycles. The minimum atomic E-state index is -0.260. The van der Waals surface area contributed by atoms with Crippen molar-refractivity contribution in [2.45, 2.75) is 26.2 Å². The number of imide groups is 1. The molecule has 0 aliphatic carbocycles. The fourth-order valence-corrected chi connectivity index (χ4v) is 3.99. The number of ether oxygens (including phenoxy) is 4. The Bertz CT molecular complexity index is 877. The minimum absolute atomic E-state index is 0.241. The van der Waals surface area contributed by atoms with Crippen molar-refractivity contribution in [2.75, 3.05) is 54.2 Å². The molecular weight excluding hydrogens is 412 g/mol. The summed E-state index contributed by atoms with van der Waals surface area (Å²) in [6, 6.07) is 3.59. The first-order valence-corrected chi connectivity index (χ1v) is 10.9. The van der Waals surface area contributed by atoms with E-state index in [1.165, 1.54) is 4.90 Å². The molecule has 0 N–H and O–H groups in total. The number of hydrogen-bond acceptors (Lipinski definition) is 7. The fraction of sp³-hybridized carbons (Fsp3) is 0.500. The summed E-state index contributed by atoms with van der Waals surface area (Å²) in [5, 5.41) is 0. The summed E-state index contributed by atoms with van der Waals surface area (Å²) in [5.41, 5.74) is 1.90. The van der Waals surface area contributed by atoms with Gasteiger partial charge in [-0.05, 0) is 36.6 Å². The highest BCUT2D eigenvalue weighted by atomic mass is 16.5. The number of methoxy groups -OCH3 is 3. The summed E-state index contributed by atoms with van der Waals surface area (Å²) in [4.78, 5) is 30.0. The Morgan fingerprint density at radius 1 is 1.06 bits per heavy atom. The van der Waals surface area contributed by atoms with Gasteiger partial charge in [0.05, 0.1) is 40.2 Å². The van der Waals surface area contributed by atoms with Gasteiger partial charge in [-0.15, -0.1) is 0 Å². The van der Waals surface area contributed by atoms with Crippen molar-refractivity contribution in [3.63, 3.8) is 0 Å². The van der Waals surface area contributed by atoms with E-state index in [2.05, 4.69) is 0 Å². The summed E-state index contributed by atoms with van der Waals surface area (Å²) in [6.07, 6.45) is 5.70. The molecule has 2 aliphatic rings. The molecule has 0 spiro atoms. The molecule has 0 unspecified atom stereocenters. The predicted octanol–water partition coefficient (Wildman–Crippen LogP) is 2.87. The molecule has 1 aromatic carbocycles. The monoisotopic (exact) mass is 444 g/mol. The Kier molecular flexibility index (Phi) is 8.16. The standard InChI is InChI=1S/C24H32N2O6/c1-5-7-18(14-17-15-20(29-2)22(31-4)21(16-17)30-3)23(27)26-9-6-8-19(24(26)28)25-10-12-32-13-11-25/h8,14-16H,5-7,9-13H2,1-4H3/b18-14+. The lowest BCUT2D eigenvalue weighted by Gasteiger charge is -2.35. The van der Waals surface area contributed by atoms with Crippen molar-refractivity contribution in [1.29, 1.82) is 0 Å². The van der Waals surface area contributed by atoms with Crippen LogP contribution < -0.4 is 14.2 Å². The Morgan fingerprint density at radius 3 is 2.28 bits per heavy atom. The highest BCUT2D eigenvalue weighted by Crippen LogP contribution is 2.39. The van der Waals surface area contributed by atoms with Crippen molar-refractivity contribution in [3.8, 4) is 17.2 Å². The number of carbonyl (C=O) groups excluding carboxylic acids is 2. The van der Waals surface area contributed by atoms with Crippen molar-refractivity contribution in [3.05, 3.63) is 35.0 Å². The molecule has 0 aromatic heterocycles. The highest BCUT2D eigenvalue weighted by Gasteiger charge is 2.32. The van der Waals surface area contributed by atoms with E-state index in [4.69, 9.17) is 18.9 Å². The average Bonchev–Trinajstić information content (AvgIpc) is 2.83. The third kappa shape index (κ3) is 5.07. The zero-order chi connectivity index (χ0) is 23.1.